The standard InChI is InChI=1S/C13H21NO3S/c1-4-17-10-11(3)14-12-6-8-13(9-7-12)18(15,16)5-2/h6-9,11,14H,4-5,10H2,1-3H3. The van der Waals surface area contributed by atoms with Crippen molar-refractivity contribution in [3.8, 4) is 0 Å². The summed E-state index contributed by atoms with van der Waals surface area (Å²) in [6, 6.07) is 7.03. The zero-order chi connectivity index (χ0) is 13.6. The van der Waals surface area contributed by atoms with E-state index in [2.05, 4.69) is 5.32 Å². The molecule has 0 fully saturated rings. The normalized spacial score (nSPS) is 13.3. The first-order valence-electron chi connectivity index (χ1n) is 6.16. The van der Waals surface area contributed by atoms with Gasteiger partial charge in [0.05, 0.1) is 17.3 Å². The van der Waals surface area contributed by atoms with E-state index >= 15 is 0 Å². The molecule has 0 bridgehead atoms. The molecular weight excluding hydrogens is 250 g/mol. The van der Waals surface area contributed by atoms with E-state index in [1.54, 1.807) is 31.2 Å². The van der Waals surface area contributed by atoms with Gasteiger partial charge in [0.1, 0.15) is 0 Å². The minimum Gasteiger partial charge on any atom is -0.380 e. The van der Waals surface area contributed by atoms with E-state index in [-0.39, 0.29) is 11.8 Å². The van der Waals surface area contributed by atoms with Crippen molar-refractivity contribution < 1.29 is 13.2 Å². The lowest BCUT2D eigenvalue weighted by Crippen LogP contribution is -2.21. The minimum atomic E-state index is -3.11. The molecule has 1 unspecified atom stereocenters. The second kappa shape index (κ2) is 6.75. The Morgan fingerprint density at radius 3 is 2.33 bits per heavy atom. The van der Waals surface area contributed by atoms with E-state index in [1.165, 1.54) is 0 Å². The predicted molar refractivity (Wildman–Crippen MR) is 73.7 cm³/mol. The smallest absolute Gasteiger partial charge is 0.178 e. The quantitative estimate of drug-likeness (QED) is 0.827. The van der Waals surface area contributed by atoms with E-state index < -0.39 is 9.84 Å². The molecule has 102 valence electrons. The SMILES string of the molecule is CCOCC(C)Nc1ccc(S(=O)(=O)CC)cc1. The summed E-state index contributed by atoms with van der Waals surface area (Å²) in [7, 11) is -3.11. The first kappa shape index (κ1) is 15.0. The molecule has 0 aromatic heterocycles. The number of ether oxygens (including phenoxy) is 1. The van der Waals surface area contributed by atoms with E-state index in [0.717, 1.165) is 5.69 Å². The molecule has 1 aromatic carbocycles. The molecular formula is C13H21NO3S. The molecule has 18 heavy (non-hydrogen) atoms. The summed E-state index contributed by atoms with van der Waals surface area (Å²) in [5, 5.41) is 3.25. The Labute approximate surface area is 109 Å². The maximum absolute atomic E-state index is 11.6. The average molecular weight is 271 g/mol. The first-order chi connectivity index (χ1) is 8.49. The Balaban J connectivity index is 2.66. The van der Waals surface area contributed by atoms with E-state index in [1.807, 2.05) is 13.8 Å². The van der Waals surface area contributed by atoms with Gasteiger partial charge < -0.3 is 10.1 Å². The largest absolute Gasteiger partial charge is 0.380 e. The van der Waals surface area contributed by atoms with Gasteiger partial charge in [0.25, 0.3) is 0 Å². The molecule has 0 saturated carbocycles. The lowest BCUT2D eigenvalue weighted by Gasteiger charge is -2.15. The third kappa shape index (κ3) is 4.31. The Morgan fingerprint density at radius 1 is 1.22 bits per heavy atom. The summed E-state index contributed by atoms with van der Waals surface area (Å²) in [6.45, 7) is 6.94. The molecule has 0 spiro atoms. The van der Waals surface area contributed by atoms with Crippen LogP contribution in [0.5, 0.6) is 0 Å². The van der Waals surface area contributed by atoms with Crippen LogP contribution < -0.4 is 5.32 Å². The lowest BCUT2D eigenvalue weighted by atomic mass is 10.3. The van der Waals surface area contributed by atoms with Gasteiger partial charge in [0.15, 0.2) is 9.84 Å². The topological polar surface area (TPSA) is 55.4 Å². The molecule has 0 aliphatic heterocycles. The predicted octanol–water partition coefficient (Wildman–Crippen LogP) is 2.32. The van der Waals surface area contributed by atoms with Gasteiger partial charge in [0.2, 0.25) is 0 Å². The van der Waals surface area contributed by atoms with Crippen LogP contribution in [0.15, 0.2) is 29.2 Å². The molecule has 0 aliphatic rings. The van der Waals surface area contributed by atoms with E-state index in [4.69, 9.17) is 4.74 Å². The number of sulfone groups is 1. The third-order valence-corrected chi connectivity index (χ3v) is 4.33. The van der Waals surface area contributed by atoms with Gasteiger partial charge in [0, 0.05) is 18.3 Å². The number of rotatable bonds is 7. The summed E-state index contributed by atoms with van der Waals surface area (Å²) in [6.07, 6.45) is 0. The number of anilines is 1. The Morgan fingerprint density at radius 2 is 1.83 bits per heavy atom. The molecule has 1 rings (SSSR count). The van der Waals surface area contributed by atoms with Gasteiger partial charge in [-0.05, 0) is 38.1 Å². The maximum atomic E-state index is 11.6. The summed E-state index contributed by atoms with van der Waals surface area (Å²) >= 11 is 0. The second-order valence-corrected chi connectivity index (χ2v) is 6.41. The number of hydrogen-bond acceptors (Lipinski definition) is 4. The van der Waals surface area contributed by atoms with Crippen molar-refractivity contribution in [2.45, 2.75) is 31.7 Å². The van der Waals surface area contributed by atoms with Crippen LogP contribution in [0.3, 0.4) is 0 Å². The van der Waals surface area contributed by atoms with Gasteiger partial charge in [-0.15, -0.1) is 0 Å². The molecule has 1 N–H and O–H groups in total. The Kier molecular flexibility index (Phi) is 5.62. The van der Waals surface area contributed by atoms with Crippen LogP contribution in [0.25, 0.3) is 0 Å². The highest BCUT2D eigenvalue weighted by molar-refractivity contribution is 7.91. The first-order valence-corrected chi connectivity index (χ1v) is 7.82. The van der Waals surface area contributed by atoms with Crippen LogP contribution in [0, 0.1) is 0 Å². The Bertz CT molecular complexity index is 454. The van der Waals surface area contributed by atoms with E-state index in [9.17, 15) is 8.42 Å². The molecule has 0 aliphatic carbocycles. The van der Waals surface area contributed by atoms with Crippen LogP contribution in [-0.2, 0) is 14.6 Å². The molecule has 1 aromatic rings. The molecule has 0 saturated heterocycles. The maximum Gasteiger partial charge on any atom is 0.178 e. The number of hydrogen-bond donors (Lipinski definition) is 1. The fourth-order valence-corrected chi connectivity index (χ4v) is 2.43. The zero-order valence-corrected chi connectivity index (χ0v) is 12.0. The van der Waals surface area contributed by atoms with Crippen molar-refractivity contribution in [1.82, 2.24) is 0 Å². The summed E-state index contributed by atoms with van der Waals surface area (Å²) in [5.41, 5.74) is 0.900. The van der Waals surface area contributed by atoms with Crippen molar-refractivity contribution in [1.29, 1.82) is 0 Å². The monoisotopic (exact) mass is 271 g/mol. The fourth-order valence-electron chi connectivity index (χ4n) is 1.55. The van der Waals surface area contributed by atoms with Gasteiger partial charge >= 0.3 is 0 Å². The van der Waals surface area contributed by atoms with Gasteiger partial charge in [-0.1, -0.05) is 6.92 Å². The van der Waals surface area contributed by atoms with Gasteiger partial charge in [-0.2, -0.15) is 0 Å². The number of nitrogens with one attached hydrogen (secondary N) is 1. The van der Waals surface area contributed by atoms with Crippen LogP contribution in [0.2, 0.25) is 0 Å². The highest BCUT2D eigenvalue weighted by atomic mass is 32.2. The lowest BCUT2D eigenvalue weighted by molar-refractivity contribution is 0.141. The summed E-state index contributed by atoms with van der Waals surface area (Å²) < 4.78 is 28.6. The van der Waals surface area contributed by atoms with Crippen molar-refractivity contribution in [2.24, 2.45) is 0 Å². The zero-order valence-electron chi connectivity index (χ0n) is 11.1. The average Bonchev–Trinajstić information content (AvgIpc) is 2.37. The molecule has 0 amide bonds. The highest BCUT2D eigenvalue weighted by Gasteiger charge is 2.11. The molecule has 0 heterocycles. The van der Waals surface area contributed by atoms with E-state index in [0.29, 0.717) is 18.1 Å². The molecule has 4 nitrogen and oxygen atoms in total. The summed E-state index contributed by atoms with van der Waals surface area (Å²) in [4.78, 5) is 0.369. The van der Waals surface area contributed by atoms with Crippen LogP contribution in [-0.4, -0.2) is 33.4 Å². The van der Waals surface area contributed by atoms with Gasteiger partial charge in [-0.25, -0.2) is 8.42 Å². The van der Waals surface area contributed by atoms with Crippen molar-refractivity contribution in [3.05, 3.63) is 24.3 Å². The second-order valence-electron chi connectivity index (χ2n) is 4.13. The highest BCUT2D eigenvalue weighted by Crippen LogP contribution is 2.15. The molecule has 5 heteroatoms. The van der Waals surface area contributed by atoms with Crippen molar-refractivity contribution in [2.75, 3.05) is 24.3 Å². The van der Waals surface area contributed by atoms with Crippen LogP contribution in [0.1, 0.15) is 20.8 Å². The van der Waals surface area contributed by atoms with Crippen molar-refractivity contribution >= 4 is 15.5 Å². The molecule has 0 radical (unpaired) electrons. The van der Waals surface area contributed by atoms with Gasteiger partial charge in [-0.3, -0.25) is 0 Å². The van der Waals surface area contributed by atoms with Crippen LogP contribution >= 0.6 is 0 Å². The Hall–Kier alpha value is -1.07. The molecule has 1 atom stereocenters. The fraction of sp³-hybridized carbons (Fsp3) is 0.538. The van der Waals surface area contributed by atoms with Crippen molar-refractivity contribution in [3.63, 3.8) is 0 Å². The number of benzene rings is 1. The van der Waals surface area contributed by atoms with Crippen LogP contribution in [0.4, 0.5) is 5.69 Å². The summed E-state index contributed by atoms with van der Waals surface area (Å²) in [5.74, 6) is 0.126. The minimum absolute atomic E-state index is 0.126. The third-order valence-electron chi connectivity index (χ3n) is 2.58.